The van der Waals surface area contributed by atoms with Crippen molar-refractivity contribution in [2.45, 2.75) is 39.0 Å². The summed E-state index contributed by atoms with van der Waals surface area (Å²) < 4.78 is 5.17. The fourth-order valence-electron chi connectivity index (χ4n) is 3.53. The number of likely N-dealkylation sites (tertiary alicyclic amines) is 1. The number of rotatable bonds is 3. The molecule has 0 spiro atoms. The van der Waals surface area contributed by atoms with Crippen molar-refractivity contribution in [3.8, 4) is 0 Å². The Bertz CT molecular complexity index is 894. The molecule has 1 aliphatic rings. The first-order chi connectivity index (χ1) is 12.1. The van der Waals surface area contributed by atoms with E-state index < -0.39 is 0 Å². The SMILES string of the molecule is Cc1noc(C)c1CC(=O)N1CCCC(c2ccc3cn[nH]c3n2)C1. The minimum atomic E-state index is 0.127. The number of H-pyrrole nitrogens is 1. The highest BCUT2D eigenvalue weighted by molar-refractivity contribution is 5.79. The zero-order chi connectivity index (χ0) is 17.4. The van der Waals surface area contributed by atoms with Crippen molar-refractivity contribution in [1.29, 1.82) is 0 Å². The third kappa shape index (κ3) is 3.01. The van der Waals surface area contributed by atoms with E-state index in [-0.39, 0.29) is 11.8 Å². The minimum Gasteiger partial charge on any atom is -0.361 e. The highest BCUT2D eigenvalue weighted by atomic mass is 16.5. The molecule has 0 radical (unpaired) electrons. The van der Waals surface area contributed by atoms with E-state index >= 15 is 0 Å². The van der Waals surface area contributed by atoms with Gasteiger partial charge < -0.3 is 9.42 Å². The molecule has 1 saturated heterocycles. The molecule has 25 heavy (non-hydrogen) atoms. The molecule has 1 atom stereocenters. The molecule has 4 heterocycles. The van der Waals surface area contributed by atoms with E-state index in [1.165, 1.54) is 0 Å². The number of nitrogens with zero attached hydrogens (tertiary/aromatic N) is 4. The third-order valence-corrected chi connectivity index (χ3v) is 5.02. The van der Waals surface area contributed by atoms with Gasteiger partial charge in [0.1, 0.15) is 5.76 Å². The topological polar surface area (TPSA) is 87.9 Å². The molecule has 0 aromatic carbocycles. The summed E-state index contributed by atoms with van der Waals surface area (Å²) in [5, 5.41) is 11.9. The average Bonchev–Trinajstić information content (AvgIpc) is 3.22. The summed E-state index contributed by atoms with van der Waals surface area (Å²) in [4.78, 5) is 19.4. The number of hydrogen-bond donors (Lipinski definition) is 1. The summed E-state index contributed by atoms with van der Waals surface area (Å²) >= 11 is 0. The van der Waals surface area contributed by atoms with Crippen molar-refractivity contribution < 1.29 is 9.32 Å². The lowest BCUT2D eigenvalue weighted by Gasteiger charge is -2.32. The number of fused-ring (bicyclic) bond motifs is 1. The number of hydrogen-bond acceptors (Lipinski definition) is 5. The third-order valence-electron chi connectivity index (χ3n) is 5.02. The number of pyridine rings is 1. The zero-order valence-corrected chi connectivity index (χ0v) is 14.5. The lowest BCUT2D eigenvalue weighted by molar-refractivity contribution is -0.131. The van der Waals surface area contributed by atoms with Gasteiger partial charge in [-0.1, -0.05) is 5.16 Å². The molecule has 7 heteroatoms. The maximum Gasteiger partial charge on any atom is 0.227 e. The van der Waals surface area contributed by atoms with Crippen LogP contribution in [0.3, 0.4) is 0 Å². The van der Waals surface area contributed by atoms with Gasteiger partial charge in [-0.2, -0.15) is 5.10 Å². The van der Waals surface area contributed by atoms with Gasteiger partial charge in [-0.05, 0) is 38.8 Å². The van der Waals surface area contributed by atoms with E-state index in [0.717, 1.165) is 53.1 Å². The molecule has 1 amide bonds. The van der Waals surface area contributed by atoms with Crippen molar-refractivity contribution in [2.24, 2.45) is 0 Å². The highest BCUT2D eigenvalue weighted by Gasteiger charge is 2.27. The molecule has 0 bridgehead atoms. The quantitative estimate of drug-likeness (QED) is 0.792. The zero-order valence-electron chi connectivity index (χ0n) is 14.5. The molecule has 0 saturated carbocycles. The molecular formula is C18H21N5O2. The Kier molecular flexibility index (Phi) is 3.99. The Balaban J connectivity index is 1.49. The maximum atomic E-state index is 12.7. The van der Waals surface area contributed by atoms with Crippen molar-refractivity contribution in [1.82, 2.24) is 25.2 Å². The molecule has 3 aromatic heterocycles. The van der Waals surface area contributed by atoms with E-state index in [4.69, 9.17) is 4.52 Å². The summed E-state index contributed by atoms with van der Waals surface area (Å²) in [7, 11) is 0. The lowest BCUT2D eigenvalue weighted by atomic mass is 9.93. The number of nitrogens with one attached hydrogen (secondary N) is 1. The van der Waals surface area contributed by atoms with Gasteiger partial charge >= 0.3 is 0 Å². The van der Waals surface area contributed by atoms with Crippen LogP contribution in [0.2, 0.25) is 0 Å². The number of carbonyl (C=O) groups excluding carboxylic acids is 1. The van der Waals surface area contributed by atoms with Gasteiger partial charge in [-0.3, -0.25) is 9.89 Å². The summed E-state index contributed by atoms with van der Waals surface area (Å²) in [5.74, 6) is 1.11. The summed E-state index contributed by atoms with van der Waals surface area (Å²) in [6.45, 7) is 5.23. The van der Waals surface area contributed by atoms with Gasteiger partial charge in [0.2, 0.25) is 5.91 Å². The van der Waals surface area contributed by atoms with E-state index in [2.05, 4.69) is 20.3 Å². The van der Waals surface area contributed by atoms with Crippen LogP contribution in [-0.2, 0) is 11.2 Å². The van der Waals surface area contributed by atoms with Gasteiger partial charge in [0.25, 0.3) is 0 Å². The Morgan fingerprint density at radius 3 is 3.08 bits per heavy atom. The van der Waals surface area contributed by atoms with Crippen LogP contribution in [-0.4, -0.2) is 44.2 Å². The first-order valence-corrected chi connectivity index (χ1v) is 8.61. The second-order valence-corrected chi connectivity index (χ2v) is 6.70. The molecule has 130 valence electrons. The Labute approximate surface area is 145 Å². The normalized spacial score (nSPS) is 18.0. The fraction of sp³-hybridized carbons (Fsp3) is 0.444. The van der Waals surface area contributed by atoms with E-state index in [9.17, 15) is 4.79 Å². The van der Waals surface area contributed by atoms with Gasteiger partial charge in [0.15, 0.2) is 5.65 Å². The second-order valence-electron chi connectivity index (χ2n) is 6.70. The molecule has 7 nitrogen and oxygen atoms in total. The van der Waals surface area contributed by atoms with Crippen LogP contribution < -0.4 is 0 Å². The molecule has 0 aliphatic carbocycles. The summed E-state index contributed by atoms with van der Waals surface area (Å²) in [6.07, 6.45) is 4.15. The van der Waals surface area contributed by atoms with Crippen LogP contribution >= 0.6 is 0 Å². The van der Waals surface area contributed by atoms with Crippen molar-refractivity contribution >= 4 is 16.9 Å². The van der Waals surface area contributed by atoms with Gasteiger partial charge in [-0.15, -0.1) is 0 Å². The van der Waals surface area contributed by atoms with E-state index in [1.807, 2.05) is 30.9 Å². The maximum absolute atomic E-state index is 12.7. The standard InChI is InChI=1S/C18H21N5O2/c1-11-15(12(2)25-22-11)8-17(24)23-7-3-4-14(10-23)16-6-5-13-9-19-21-18(13)20-16/h5-6,9,14H,3-4,7-8,10H2,1-2H3,(H,19,20,21). The number of aryl methyl sites for hydroxylation is 2. The molecule has 3 aromatic rings. The predicted molar refractivity (Wildman–Crippen MR) is 92.1 cm³/mol. The average molecular weight is 339 g/mol. The summed E-state index contributed by atoms with van der Waals surface area (Å²) in [6, 6.07) is 4.08. The number of piperidine rings is 1. The number of aromatic nitrogens is 4. The molecular weight excluding hydrogens is 318 g/mol. The number of aromatic amines is 1. The lowest BCUT2D eigenvalue weighted by Crippen LogP contribution is -2.40. The first kappa shape index (κ1) is 15.8. The smallest absolute Gasteiger partial charge is 0.227 e. The fourth-order valence-corrected chi connectivity index (χ4v) is 3.53. The molecule has 1 unspecified atom stereocenters. The molecule has 1 N–H and O–H groups in total. The van der Waals surface area contributed by atoms with Crippen LogP contribution in [0, 0.1) is 13.8 Å². The van der Waals surface area contributed by atoms with Crippen molar-refractivity contribution in [3.05, 3.63) is 41.0 Å². The van der Waals surface area contributed by atoms with Crippen molar-refractivity contribution in [2.75, 3.05) is 13.1 Å². The number of amides is 1. The Hall–Kier alpha value is -2.70. The minimum absolute atomic E-state index is 0.127. The Morgan fingerprint density at radius 1 is 1.40 bits per heavy atom. The van der Waals surface area contributed by atoms with E-state index in [0.29, 0.717) is 13.0 Å². The van der Waals surface area contributed by atoms with Crippen LogP contribution in [0.1, 0.15) is 41.5 Å². The van der Waals surface area contributed by atoms with Gasteiger partial charge in [-0.25, -0.2) is 4.98 Å². The largest absolute Gasteiger partial charge is 0.361 e. The number of carbonyl (C=O) groups is 1. The van der Waals surface area contributed by atoms with E-state index in [1.54, 1.807) is 6.20 Å². The second kappa shape index (κ2) is 6.31. The van der Waals surface area contributed by atoms with Crippen LogP contribution in [0.5, 0.6) is 0 Å². The van der Waals surface area contributed by atoms with Gasteiger partial charge in [0.05, 0.1) is 18.3 Å². The summed E-state index contributed by atoms with van der Waals surface area (Å²) in [5.41, 5.74) is 3.53. The Morgan fingerprint density at radius 2 is 2.28 bits per heavy atom. The van der Waals surface area contributed by atoms with Crippen LogP contribution in [0.25, 0.3) is 11.0 Å². The molecule has 1 aliphatic heterocycles. The highest BCUT2D eigenvalue weighted by Crippen LogP contribution is 2.27. The van der Waals surface area contributed by atoms with Crippen LogP contribution in [0.15, 0.2) is 22.9 Å². The monoisotopic (exact) mass is 339 g/mol. The van der Waals surface area contributed by atoms with Crippen LogP contribution in [0.4, 0.5) is 0 Å². The van der Waals surface area contributed by atoms with Gasteiger partial charge in [0, 0.05) is 35.7 Å². The molecule has 1 fully saturated rings. The van der Waals surface area contributed by atoms with Crippen molar-refractivity contribution in [3.63, 3.8) is 0 Å². The predicted octanol–water partition coefficient (Wildman–Crippen LogP) is 2.51. The molecule has 4 rings (SSSR count). The first-order valence-electron chi connectivity index (χ1n) is 8.61.